The van der Waals surface area contributed by atoms with Gasteiger partial charge in [-0.15, -0.1) is 12.4 Å². The molecule has 2 aromatic rings. The molecule has 1 aromatic heterocycles. The Labute approximate surface area is 158 Å². The summed E-state index contributed by atoms with van der Waals surface area (Å²) in [5, 5.41) is 3.08. The van der Waals surface area contributed by atoms with Crippen molar-refractivity contribution in [3.05, 3.63) is 23.8 Å². The van der Waals surface area contributed by atoms with Crippen molar-refractivity contribution in [3.8, 4) is 0 Å². The van der Waals surface area contributed by atoms with E-state index in [9.17, 15) is 0 Å². The highest BCUT2D eigenvalue weighted by Crippen LogP contribution is 2.21. The smallest absolute Gasteiger partial charge is 0.295 e. The van der Waals surface area contributed by atoms with E-state index in [4.69, 9.17) is 10.2 Å². The zero-order valence-corrected chi connectivity index (χ0v) is 16.4. The molecule has 0 aliphatic carbocycles. The van der Waals surface area contributed by atoms with Gasteiger partial charge in [-0.05, 0) is 30.5 Å². The van der Waals surface area contributed by atoms with Gasteiger partial charge in [0, 0.05) is 13.1 Å². The molecule has 0 aliphatic heterocycles. The molecule has 0 radical (unpaired) electrons. The summed E-state index contributed by atoms with van der Waals surface area (Å²) in [5.74, 6) is 0. The van der Waals surface area contributed by atoms with Gasteiger partial charge < -0.3 is 15.5 Å². The Morgan fingerprint density at radius 3 is 2.36 bits per heavy atom. The van der Waals surface area contributed by atoms with E-state index in [1.807, 2.05) is 6.07 Å². The number of anilines is 1. The number of unbranched alkanes of at least 4 members (excludes halogenated alkanes) is 8. The van der Waals surface area contributed by atoms with E-state index < -0.39 is 0 Å². The van der Waals surface area contributed by atoms with Gasteiger partial charge in [-0.2, -0.15) is 4.98 Å². The topological polar surface area (TPSA) is 64.1 Å². The highest BCUT2D eigenvalue weighted by atomic mass is 35.5. The van der Waals surface area contributed by atoms with Crippen LogP contribution in [0.5, 0.6) is 0 Å². The molecular weight excluding hydrogens is 334 g/mol. The fourth-order valence-electron chi connectivity index (χ4n) is 3.02. The van der Waals surface area contributed by atoms with E-state index in [1.165, 1.54) is 63.4 Å². The van der Waals surface area contributed by atoms with Crippen LogP contribution >= 0.6 is 12.4 Å². The van der Waals surface area contributed by atoms with E-state index in [-0.39, 0.29) is 12.4 Å². The van der Waals surface area contributed by atoms with Gasteiger partial charge in [0.2, 0.25) is 0 Å². The lowest BCUT2D eigenvalue weighted by Gasteiger charge is -2.03. The van der Waals surface area contributed by atoms with Crippen LogP contribution in [-0.2, 0) is 6.42 Å². The molecular formula is C20H34ClN3O. The molecule has 0 atom stereocenters. The maximum Gasteiger partial charge on any atom is 0.295 e. The second-order valence-corrected chi connectivity index (χ2v) is 6.61. The SMILES string of the molecule is CCCCCCCCCCCc1ccc2oc(NCCN)nc2c1.Cl. The standard InChI is InChI=1S/C20H33N3O.ClH/c1-2-3-4-5-6-7-8-9-10-11-17-12-13-19-18(16-17)23-20(24-19)22-15-14-21;/h12-13,16H,2-11,14-15,21H2,1H3,(H,22,23);1H. The van der Waals surface area contributed by atoms with Gasteiger partial charge >= 0.3 is 0 Å². The highest BCUT2D eigenvalue weighted by Gasteiger charge is 2.05. The first kappa shape index (κ1) is 21.8. The zero-order valence-electron chi connectivity index (χ0n) is 15.6. The Kier molecular flexibility index (Phi) is 11.3. The fourth-order valence-corrected chi connectivity index (χ4v) is 3.02. The molecule has 1 heterocycles. The van der Waals surface area contributed by atoms with Crippen molar-refractivity contribution < 1.29 is 4.42 Å². The molecule has 0 spiro atoms. The van der Waals surface area contributed by atoms with Crippen LogP contribution < -0.4 is 11.1 Å². The Morgan fingerprint density at radius 2 is 1.68 bits per heavy atom. The lowest BCUT2D eigenvalue weighted by molar-refractivity contribution is 0.565. The van der Waals surface area contributed by atoms with Gasteiger partial charge in [0.1, 0.15) is 5.52 Å². The van der Waals surface area contributed by atoms with Crippen LogP contribution in [0.2, 0.25) is 0 Å². The maximum atomic E-state index is 5.65. The van der Waals surface area contributed by atoms with E-state index in [2.05, 4.69) is 29.4 Å². The summed E-state index contributed by atoms with van der Waals surface area (Å²) in [6, 6.07) is 6.90. The number of halogens is 1. The molecule has 0 amide bonds. The molecule has 0 bridgehead atoms. The number of nitrogens with zero attached hydrogens (tertiary/aromatic N) is 1. The summed E-state index contributed by atoms with van der Waals surface area (Å²) >= 11 is 0. The largest absolute Gasteiger partial charge is 0.424 e. The fraction of sp³-hybridized carbons (Fsp3) is 0.650. The third-order valence-corrected chi connectivity index (χ3v) is 4.44. The molecule has 2 rings (SSSR count). The molecule has 3 N–H and O–H groups in total. The molecule has 0 unspecified atom stereocenters. The van der Waals surface area contributed by atoms with Gasteiger partial charge in [-0.25, -0.2) is 0 Å². The highest BCUT2D eigenvalue weighted by molar-refractivity contribution is 5.85. The average Bonchev–Trinajstić information content (AvgIpc) is 3.00. The number of aryl methyl sites for hydroxylation is 1. The number of hydrogen-bond acceptors (Lipinski definition) is 4. The molecule has 4 nitrogen and oxygen atoms in total. The first-order valence-corrected chi connectivity index (χ1v) is 9.67. The summed E-state index contributed by atoms with van der Waals surface area (Å²) in [5.41, 5.74) is 8.61. The molecule has 0 aliphatic rings. The van der Waals surface area contributed by atoms with E-state index >= 15 is 0 Å². The van der Waals surface area contributed by atoms with Crippen molar-refractivity contribution in [2.75, 3.05) is 18.4 Å². The van der Waals surface area contributed by atoms with Gasteiger partial charge in [0.25, 0.3) is 6.01 Å². The summed E-state index contributed by atoms with van der Waals surface area (Å²) in [7, 11) is 0. The number of fused-ring (bicyclic) bond motifs is 1. The Balaban J connectivity index is 0.00000312. The van der Waals surface area contributed by atoms with Crippen molar-refractivity contribution in [2.24, 2.45) is 5.73 Å². The van der Waals surface area contributed by atoms with Crippen molar-refractivity contribution in [1.82, 2.24) is 4.98 Å². The van der Waals surface area contributed by atoms with Crippen LogP contribution in [0.25, 0.3) is 11.1 Å². The van der Waals surface area contributed by atoms with Crippen LogP contribution in [0.1, 0.15) is 70.3 Å². The number of benzene rings is 1. The molecule has 0 fully saturated rings. The minimum atomic E-state index is 0. The summed E-state index contributed by atoms with van der Waals surface area (Å²) in [4.78, 5) is 4.47. The third kappa shape index (κ3) is 8.10. The molecule has 5 heteroatoms. The predicted molar refractivity (Wildman–Crippen MR) is 110 cm³/mol. The van der Waals surface area contributed by atoms with Gasteiger partial charge in [0.05, 0.1) is 0 Å². The van der Waals surface area contributed by atoms with Crippen LogP contribution in [0.15, 0.2) is 22.6 Å². The van der Waals surface area contributed by atoms with E-state index in [1.54, 1.807) is 0 Å². The Bertz CT molecular complexity index is 585. The minimum Gasteiger partial charge on any atom is -0.424 e. The molecule has 25 heavy (non-hydrogen) atoms. The maximum absolute atomic E-state index is 5.65. The van der Waals surface area contributed by atoms with Crippen molar-refractivity contribution in [1.29, 1.82) is 0 Å². The normalized spacial score (nSPS) is 10.8. The zero-order chi connectivity index (χ0) is 17.0. The van der Waals surface area contributed by atoms with Gasteiger partial charge in [-0.3, -0.25) is 0 Å². The summed E-state index contributed by atoms with van der Waals surface area (Å²) < 4.78 is 5.65. The predicted octanol–water partition coefficient (Wildman–Crippen LogP) is 5.69. The summed E-state index contributed by atoms with van der Waals surface area (Å²) in [6.45, 7) is 3.52. The average molecular weight is 368 g/mol. The molecule has 0 saturated heterocycles. The van der Waals surface area contributed by atoms with Crippen molar-refractivity contribution in [3.63, 3.8) is 0 Å². The lowest BCUT2D eigenvalue weighted by Crippen LogP contribution is -2.13. The number of nitrogens with two attached hydrogens (primary N) is 1. The number of aromatic nitrogens is 1. The van der Waals surface area contributed by atoms with Crippen molar-refractivity contribution in [2.45, 2.75) is 71.1 Å². The number of oxazole rings is 1. The Hall–Kier alpha value is -1.26. The van der Waals surface area contributed by atoms with Crippen LogP contribution in [0.4, 0.5) is 6.01 Å². The number of hydrogen-bond donors (Lipinski definition) is 2. The quantitative estimate of drug-likeness (QED) is 0.446. The minimum absolute atomic E-state index is 0. The summed E-state index contributed by atoms with van der Waals surface area (Å²) in [6.07, 6.45) is 13.4. The first-order chi connectivity index (χ1) is 11.8. The van der Waals surface area contributed by atoms with Crippen LogP contribution in [0.3, 0.4) is 0 Å². The van der Waals surface area contributed by atoms with Crippen LogP contribution in [-0.4, -0.2) is 18.1 Å². The van der Waals surface area contributed by atoms with Crippen molar-refractivity contribution >= 4 is 29.5 Å². The van der Waals surface area contributed by atoms with E-state index in [0.29, 0.717) is 19.1 Å². The molecule has 1 aromatic carbocycles. The molecule has 142 valence electrons. The third-order valence-electron chi connectivity index (χ3n) is 4.44. The Morgan fingerprint density at radius 1 is 1.00 bits per heavy atom. The molecule has 0 saturated carbocycles. The van der Waals surface area contributed by atoms with Gasteiger partial charge in [-0.1, -0.05) is 64.4 Å². The lowest BCUT2D eigenvalue weighted by atomic mass is 10.0. The van der Waals surface area contributed by atoms with Gasteiger partial charge in [0.15, 0.2) is 5.58 Å². The first-order valence-electron chi connectivity index (χ1n) is 9.67. The van der Waals surface area contributed by atoms with E-state index in [0.717, 1.165) is 17.5 Å². The second-order valence-electron chi connectivity index (χ2n) is 6.61. The number of rotatable bonds is 13. The second kappa shape index (κ2) is 13.0. The van der Waals surface area contributed by atoms with Crippen LogP contribution in [0, 0.1) is 0 Å². The number of nitrogens with one attached hydrogen (secondary N) is 1. The monoisotopic (exact) mass is 367 g/mol.